The number of hydrogen-bond acceptors (Lipinski definition) is 5. The van der Waals surface area contributed by atoms with Crippen molar-refractivity contribution in [2.24, 2.45) is 5.92 Å². The molecule has 1 aliphatic carbocycles. The van der Waals surface area contributed by atoms with Gasteiger partial charge in [0.2, 0.25) is 0 Å². The van der Waals surface area contributed by atoms with Crippen molar-refractivity contribution in [3.63, 3.8) is 0 Å². The second-order valence-electron chi connectivity index (χ2n) is 7.05. The van der Waals surface area contributed by atoms with E-state index in [1.807, 2.05) is 19.1 Å². The lowest BCUT2D eigenvalue weighted by Gasteiger charge is -2.20. The van der Waals surface area contributed by atoms with Crippen LogP contribution >= 0.6 is 12.2 Å². The molecule has 5 nitrogen and oxygen atoms in total. The largest absolute Gasteiger partial charge is 0.492 e. The fourth-order valence-corrected chi connectivity index (χ4v) is 3.99. The average molecular weight is 382 g/mol. The lowest BCUT2D eigenvalue weighted by atomic mass is 9.97. The molecule has 0 unspecified atom stereocenters. The van der Waals surface area contributed by atoms with Crippen LogP contribution in [-0.2, 0) is 16.7 Å². The molecular formula is C21H22N2O3S. The number of ketones is 1. The molecule has 2 aromatic rings. The first-order valence-electron chi connectivity index (χ1n) is 9.21. The molecule has 0 radical (unpaired) electrons. The summed E-state index contributed by atoms with van der Waals surface area (Å²) in [7, 11) is 0. The van der Waals surface area contributed by atoms with Crippen LogP contribution in [0, 0.1) is 5.92 Å². The number of hydrogen-bond donors (Lipinski definition) is 1. The summed E-state index contributed by atoms with van der Waals surface area (Å²) >= 11 is 5.36. The number of Topliss-reactive ketones (excluding diaryl/α,β-unsaturated/α-hetero) is 1. The van der Waals surface area contributed by atoms with E-state index < -0.39 is 0 Å². The zero-order valence-electron chi connectivity index (χ0n) is 15.2. The van der Waals surface area contributed by atoms with E-state index in [0.29, 0.717) is 43.6 Å². The molecule has 0 bridgehead atoms. The van der Waals surface area contributed by atoms with Crippen molar-refractivity contribution >= 4 is 23.0 Å². The number of nitrogens with zero attached hydrogens (tertiary/aromatic N) is 1. The van der Waals surface area contributed by atoms with Crippen LogP contribution in [0.1, 0.15) is 35.0 Å². The molecule has 1 N–H and O–H groups in total. The summed E-state index contributed by atoms with van der Waals surface area (Å²) in [5, 5.41) is 3.47. The van der Waals surface area contributed by atoms with Crippen LogP contribution in [0.25, 0.3) is 0 Å². The molecule has 140 valence electrons. The van der Waals surface area contributed by atoms with E-state index in [1.165, 1.54) is 5.56 Å². The summed E-state index contributed by atoms with van der Waals surface area (Å²) in [6, 6.07) is 11.7. The summed E-state index contributed by atoms with van der Waals surface area (Å²) in [6.45, 7) is 3.69. The highest BCUT2D eigenvalue weighted by Crippen LogP contribution is 2.53. The molecule has 4 rings (SSSR count). The second kappa shape index (κ2) is 7.37. The molecule has 1 aromatic heterocycles. The number of thiocarbonyl (C=S) groups is 1. The van der Waals surface area contributed by atoms with Gasteiger partial charge in [0.1, 0.15) is 16.4 Å². The standard InChI is InChI=1S/C21H22N2O3S/c1-2-26-17-6-7-18(22-11-17)19(24)9-14-4-3-5-15(8-14)21-10-16(21)12-25-13-20(27)23-21/h3-8,11,16H,2,9-10,12-13H2,1H3,(H,23,27)/t16-,21+/m0/s1. The van der Waals surface area contributed by atoms with E-state index in [0.717, 1.165) is 17.0 Å². The van der Waals surface area contributed by atoms with Crippen molar-refractivity contribution < 1.29 is 14.3 Å². The Morgan fingerprint density at radius 1 is 1.41 bits per heavy atom. The van der Waals surface area contributed by atoms with Crippen LogP contribution in [0.15, 0.2) is 42.6 Å². The Bertz CT molecular complexity index is 868. The first-order chi connectivity index (χ1) is 13.1. The lowest BCUT2D eigenvalue weighted by Crippen LogP contribution is -2.35. The number of nitrogens with one attached hydrogen (secondary N) is 1. The fourth-order valence-electron chi connectivity index (χ4n) is 3.72. The molecule has 6 heteroatoms. The van der Waals surface area contributed by atoms with E-state index in [1.54, 1.807) is 18.3 Å². The SMILES string of the molecule is CCOc1ccc(C(=O)Cc2cccc([C@]34C[C@H]3COCC(=S)N4)c2)nc1. The number of pyridine rings is 1. The van der Waals surface area contributed by atoms with Gasteiger partial charge in [0, 0.05) is 12.3 Å². The topological polar surface area (TPSA) is 60.5 Å². The summed E-state index contributed by atoms with van der Waals surface area (Å²) in [5.74, 6) is 1.09. The Morgan fingerprint density at radius 3 is 3.07 bits per heavy atom. The minimum absolute atomic E-state index is 0.00674. The molecule has 1 saturated heterocycles. The van der Waals surface area contributed by atoms with Gasteiger partial charge in [0.25, 0.3) is 0 Å². The minimum Gasteiger partial charge on any atom is -0.492 e. The summed E-state index contributed by atoms with van der Waals surface area (Å²) in [6.07, 6.45) is 2.92. The van der Waals surface area contributed by atoms with Gasteiger partial charge in [0.15, 0.2) is 5.78 Å². The van der Waals surface area contributed by atoms with Crippen LogP contribution in [-0.4, -0.2) is 35.6 Å². The smallest absolute Gasteiger partial charge is 0.185 e. The molecule has 0 spiro atoms. The van der Waals surface area contributed by atoms with Crippen molar-refractivity contribution in [1.82, 2.24) is 10.3 Å². The predicted octanol–water partition coefficient (Wildman–Crippen LogP) is 3.07. The average Bonchev–Trinajstić information content (AvgIpc) is 3.38. The van der Waals surface area contributed by atoms with Crippen LogP contribution in [0.3, 0.4) is 0 Å². The lowest BCUT2D eigenvalue weighted by molar-refractivity contribution is 0.0988. The Balaban J connectivity index is 1.50. The molecule has 27 heavy (non-hydrogen) atoms. The molecule has 2 atom stereocenters. The van der Waals surface area contributed by atoms with Gasteiger partial charge in [-0.15, -0.1) is 0 Å². The maximum atomic E-state index is 12.6. The van der Waals surface area contributed by atoms with E-state index in [4.69, 9.17) is 21.7 Å². The number of rotatable bonds is 6. The molecule has 1 aliphatic heterocycles. The van der Waals surface area contributed by atoms with Gasteiger partial charge in [-0.25, -0.2) is 4.98 Å². The Kier molecular flexibility index (Phi) is 4.93. The number of ether oxygens (including phenoxy) is 2. The van der Waals surface area contributed by atoms with Gasteiger partial charge in [0.05, 0.1) is 31.6 Å². The van der Waals surface area contributed by atoms with Gasteiger partial charge >= 0.3 is 0 Å². The zero-order chi connectivity index (χ0) is 18.9. The number of benzene rings is 1. The van der Waals surface area contributed by atoms with Crippen molar-refractivity contribution in [3.05, 3.63) is 59.4 Å². The Morgan fingerprint density at radius 2 is 2.30 bits per heavy atom. The summed E-state index contributed by atoms with van der Waals surface area (Å²) in [5.41, 5.74) is 2.47. The number of aromatic nitrogens is 1. The number of fused-ring (bicyclic) bond motifs is 1. The predicted molar refractivity (Wildman–Crippen MR) is 106 cm³/mol. The van der Waals surface area contributed by atoms with Gasteiger partial charge in [-0.05, 0) is 36.6 Å². The van der Waals surface area contributed by atoms with Gasteiger partial charge in [-0.3, -0.25) is 4.79 Å². The van der Waals surface area contributed by atoms with E-state index in [-0.39, 0.29) is 11.3 Å². The fraction of sp³-hybridized carbons (Fsp3) is 0.381. The third-order valence-electron chi connectivity index (χ3n) is 5.16. The maximum Gasteiger partial charge on any atom is 0.185 e. The maximum absolute atomic E-state index is 12.6. The third-order valence-corrected chi connectivity index (χ3v) is 5.38. The van der Waals surface area contributed by atoms with E-state index >= 15 is 0 Å². The van der Waals surface area contributed by atoms with Crippen molar-refractivity contribution in [2.45, 2.75) is 25.3 Å². The quantitative estimate of drug-likeness (QED) is 0.612. The van der Waals surface area contributed by atoms with Crippen LogP contribution in [0.4, 0.5) is 0 Å². The minimum atomic E-state index is -0.135. The van der Waals surface area contributed by atoms with Gasteiger partial charge < -0.3 is 14.8 Å². The first-order valence-corrected chi connectivity index (χ1v) is 9.62. The van der Waals surface area contributed by atoms with Crippen molar-refractivity contribution in [1.29, 1.82) is 0 Å². The normalized spacial score (nSPS) is 23.7. The number of carbonyl (C=O) groups excluding carboxylic acids is 1. The van der Waals surface area contributed by atoms with Gasteiger partial charge in [-0.1, -0.05) is 36.5 Å². The zero-order valence-corrected chi connectivity index (χ0v) is 16.1. The highest BCUT2D eigenvalue weighted by atomic mass is 32.1. The summed E-state index contributed by atoms with van der Waals surface area (Å²) in [4.78, 5) is 17.6. The van der Waals surface area contributed by atoms with Crippen molar-refractivity contribution in [2.75, 3.05) is 19.8 Å². The van der Waals surface area contributed by atoms with E-state index in [2.05, 4.69) is 22.4 Å². The molecule has 1 aromatic carbocycles. The monoisotopic (exact) mass is 382 g/mol. The highest BCUT2D eigenvalue weighted by Gasteiger charge is 2.57. The Hall–Kier alpha value is -2.31. The van der Waals surface area contributed by atoms with E-state index in [9.17, 15) is 4.79 Å². The molecule has 2 aliphatic rings. The molecular weight excluding hydrogens is 360 g/mol. The molecule has 0 amide bonds. The van der Waals surface area contributed by atoms with Crippen LogP contribution in [0.2, 0.25) is 0 Å². The van der Waals surface area contributed by atoms with Crippen molar-refractivity contribution in [3.8, 4) is 5.75 Å². The van der Waals surface area contributed by atoms with Gasteiger partial charge in [-0.2, -0.15) is 0 Å². The number of carbonyl (C=O) groups is 1. The first kappa shape index (κ1) is 18.1. The second-order valence-corrected chi connectivity index (χ2v) is 7.54. The highest BCUT2D eigenvalue weighted by molar-refractivity contribution is 7.80. The molecule has 2 fully saturated rings. The molecule has 2 heterocycles. The van der Waals surface area contributed by atoms with Crippen LogP contribution in [0.5, 0.6) is 5.75 Å². The summed E-state index contributed by atoms with van der Waals surface area (Å²) < 4.78 is 11.0. The van der Waals surface area contributed by atoms with Crippen LogP contribution < -0.4 is 10.1 Å². The third kappa shape index (κ3) is 3.73. The molecule has 1 saturated carbocycles. The Labute approximate surface area is 164 Å².